The van der Waals surface area contributed by atoms with Crippen molar-refractivity contribution in [3.8, 4) is 0 Å². The van der Waals surface area contributed by atoms with Crippen LogP contribution < -0.4 is 17.0 Å². The molecule has 98 valence electrons. The molecule has 4 nitrogen and oxygen atoms in total. The predicted octanol–water partition coefficient (Wildman–Crippen LogP) is -1.65. The molecule has 2 saturated heterocycles. The molecule has 2 heterocycles. The maximum Gasteiger partial charge on any atom is 2.00 e. The number of ether oxygens (including phenoxy) is 4. The molecule has 0 N–H and O–H groups in total. The van der Waals surface area contributed by atoms with Gasteiger partial charge in [0.25, 0.3) is 0 Å². The molecule has 17 heavy (non-hydrogen) atoms. The molecule has 2 aliphatic rings. The molecule has 0 aromatic rings. The van der Waals surface area contributed by atoms with Crippen LogP contribution in [0.25, 0.3) is 0 Å². The topological polar surface area (TPSA) is 36.9 Å². The number of rotatable bonds is 3. The van der Waals surface area contributed by atoms with E-state index >= 15 is 0 Å². The van der Waals surface area contributed by atoms with Crippen molar-refractivity contribution in [1.29, 1.82) is 0 Å². The molecule has 2 aliphatic heterocycles. The second-order valence-corrected chi connectivity index (χ2v) is 3.90. The largest absolute Gasteiger partial charge is 2.00 e. The Labute approximate surface area is 138 Å². The SMILES string of the molecule is BrCCC1OCCO1.[Br-].[CH2-]CC1OCCO1.[Mg+2]. The summed E-state index contributed by atoms with van der Waals surface area (Å²) in [5, 5.41) is 0.956. The maximum atomic E-state index is 5.14. The fourth-order valence-electron chi connectivity index (χ4n) is 1.24. The van der Waals surface area contributed by atoms with Gasteiger partial charge >= 0.3 is 23.1 Å². The molecule has 0 atom stereocenters. The van der Waals surface area contributed by atoms with Crippen molar-refractivity contribution in [1.82, 2.24) is 0 Å². The minimum atomic E-state index is -0.0139. The van der Waals surface area contributed by atoms with Gasteiger partial charge in [0, 0.05) is 11.8 Å². The van der Waals surface area contributed by atoms with E-state index in [0.717, 1.165) is 44.6 Å². The summed E-state index contributed by atoms with van der Waals surface area (Å²) in [7, 11) is 0. The smallest absolute Gasteiger partial charge is 1.00 e. The third kappa shape index (κ3) is 10.1. The van der Waals surface area contributed by atoms with Crippen molar-refractivity contribution in [3.63, 3.8) is 0 Å². The Bertz CT molecular complexity index is 153. The summed E-state index contributed by atoms with van der Waals surface area (Å²) in [5.41, 5.74) is 0. The van der Waals surface area contributed by atoms with Gasteiger partial charge in [-0.05, 0) is 0 Å². The quantitative estimate of drug-likeness (QED) is 0.331. The van der Waals surface area contributed by atoms with Crippen molar-refractivity contribution in [3.05, 3.63) is 6.92 Å². The zero-order valence-electron chi connectivity index (χ0n) is 9.91. The summed E-state index contributed by atoms with van der Waals surface area (Å²) in [4.78, 5) is 0. The van der Waals surface area contributed by atoms with E-state index in [0.29, 0.717) is 0 Å². The van der Waals surface area contributed by atoms with Gasteiger partial charge < -0.3 is 42.9 Å². The Morgan fingerprint density at radius 2 is 1.35 bits per heavy atom. The third-order valence-corrected chi connectivity index (χ3v) is 2.42. The molecular weight excluding hydrogens is 368 g/mol. The Balaban J connectivity index is 0. The van der Waals surface area contributed by atoms with Crippen LogP contribution in [0.15, 0.2) is 0 Å². The second kappa shape index (κ2) is 14.0. The molecule has 0 radical (unpaired) electrons. The molecule has 0 spiro atoms. The van der Waals surface area contributed by atoms with E-state index in [1.807, 2.05) is 0 Å². The van der Waals surface area contributed by atoms with Crippen LogP contribution >= 0.6 is 15.9 Å². The summed E-state index contributed by atoms with van der Waals surface area (Å²) in [5.74, 6) is 0. The first-order valence-electron chi connectivity index (χ1n) is 5.18. The number of alkyl halides is 1. The Morgan fingerprint density at radius 1 is 0.941 bits per heavy atom. The maximum absolute atomic E-state index is 5.14. The molecule has 0 bridgehead atoms. The van der Waals surface area contributed by atoms with Crippen molar-refractivity contribution < 1.29 is 35.9 Å². The predicted molar refractivity (Wildman–Crippen MR) is 65.5 cm³/mol. The summed E-state index contributed by atoms with van der Waals surface area (Å²) < 4.78 is 20.3. The van der Waals surface area contributed by atoms with Gasteiger partial charge in [0.2, 0.25) is 0 Å². The molecule has 0 saturated carbocycles. The van der Waals surface area contributed by atoms with Gasteiger partial charge in [0.1, 0.15) is 6.29 Å². The minimum absolute atomic E-state index is 0. The van der Waals surface area contributed by atoms with Gasteiger partial charge in [-0.2, -0.15) is 0 Å². The zero-order chi connectivity index (χ0) is 10.9. The standard InChI is InChI=1S/C5H9BrO2.C5H9O2.BrH.Mg/c6-2-1-5-7-3-4-8-5;1-2-5-6-3-4-7-5;;/h5H,1-4H2;5H,1-4H2;1H;/q;-1;;+2/p-1. The molecular formula is C10H18Br2MgO4. The van der Waals surface area contributed by atoms with Crippen LogP contribution in [0.4, 0.5) is 0 Å². The summed E-state index contributed by atoms with van der Waals surface area (Å²) in [6.45, 7) is 6.61. The van der Waals surface area contributed by atoms with E-state index < -0.39 is 0 Å². The van der Waals surface area contributed by atoms with E-state index in [2.05, 4.69) is 22.9 Å². The van der Waals surface area contributed by atoms with E-state index in [9.17, 15) is 0 Å². The number of hydrogen-bond acceptors (Lipinski definition) is 4. The Kier molecular flexibility index (Phi) is 17.2. The molecule has 2 fully saturated rings. The fraction of sp³-hybridized carbons (Fsp3) is 0.900. The van der Waals surface area contributed by atoms with Crippen LogP contribution in [-0.4, -0.2) is 67.4 Å². The number of hydrogen-bond donors (Lipinski definition) is 0. The normalized spacial score (nSPS) is 20.1. The van der Waals surface area contributed by atoms with Gasteiger partial charge in [-0.25, -0.2) is 0 Å². The summed E-state index contributed by atoms with van der Waals surface area (Å²) in [6.07, 6.45) is 1.73. The number of halogens is 2. The third-order valence-electron chi connectivity index (χ3n) is 1.96. The van der Waals surface area contributed by atoms with E-state index in [-0.39, 0.29) is 52.6 Å². The van der Waals surface area contributed by atoms with Crippen molar-refractivity contribution in [2.45, 2.75) is 25.4 Å². The summed E-state index contributed by atoms with van der Waals surface area (Å²) in [6, 6.07) is 0. The second-order valence-electron chi connectivity index (χ2n) is 3.11. The van der Waals surface area contributed by atoms with Crippen LogP contribution in [0.1, 0.15) is 12.8 Å². The van der Waals surface area contributed by atoms with E-state index in [4.69, 9.17) is 18.9 Å². The first kappa shape index (κ1) is 20.9. The van der Waals surface area contributed by atoms with Gasteiger partial charge in [-0.15, -0.1) is 6.42 Å². The molecule has 0 aromatic carbocycles. The van der Waals surface area contributed by atoms with Gasteiger partial charge in [0.15, 0.2) is 6.29 Å². The summed E-state index contributed by atoms with van der Waals surface area (Å²) >= 11 is 3.30. The first-order chi connectivity index (χ1) is 7.36. The fourth-order valence-corrected chi connectivity index (χ4v) is 1.61. The molecule has 2 rings (SSSR count). The van der Waals surface area contributed by atoms with Crippen LogP contribution in [0.3, 0.4) is 0 Å². The van der Waals surface area contributed by atoms with Crippen LogP contribution in [0.2, 0.25) is 0 Å². The van der Waals surface area contributed by atoms with Gasteiger partial charge in [-0.1, -0.05) is 15.9 Å². The first-order valence-corrected chi connectivity index (χ1v) is 6.30. The molecule has 0 aliphatic carbocycles. The van der Waals surface area contributed by atoms with Crippen LogP contribution in [0.5, 0.6) is 0 Å². The molecule has 0 unspecified atom stereocenters. The van der Waals surface area contributed by atoms with Crippen molar-refractivity contribution in [2.24, 2.45) is 0 Å². The van der Waals surface area contributed by atoms with Crippen molar-refractivity contribution >= 4 is 39.0 Å². The van der Waals surface area contributed by atoms with E-state index in [1.54, 1.807) is 0 Å². The average Bonchev–Trinajstić information content (AvgIpc) is 2.91. The van der Waals surface area contributed by atoms with E-state index in [1.165, 1.54) is 0 Å². The van der Waals surface area contributed by atoms with Crippen LogP contribution in [0, 0.1) is 6.92 Å². The Morgan fingerprint density at radius 3 is 1.65 bits per heavy atom. The minimum Gasteiger partial charge on any atom is -1.00 e. The van der Waals surface area contributed by atoms with Gasteiger partial charge in [-0.3, -0.25) is 0 Å². The van der Waals surface area contributed by atoms with Crippen LogP contribution in [-0.2, 0) is 18.9 Å². The average molecular weight is 386 g/mol. The monoisotopic (exact) mass is 384 g/mol. The van der Waals surface area contributed by atoms with Gasteiger partial charge in [0.05, 0.1) is 26.4 Å². The molecule has 7 heteroatoms. The molecule has 0 aromatic heterocycles. The molecule has 0 amide bonds. The zero-order valence-corrected chi connectivity index (χ0v) is 14.5. The Hall–Kier alpha value is 1.57. The van der Waals surface area contributed by atoms with Crippen molar-refractivity contribution in [2.75, 3.05) is 31.8 Å².